The smallest absolute Gasteiger partial charge is 0.307 e. The van der Waals surface area contributed by atoms with Crippen LogP contribution in [0.5, 0.6) is 0 Å². The summed E-state index contributed by atoms with van der Waals surface area (Å²) < 4.78 is 0.814. The summed E-state index contributed by atoms with van der Waals surface area (Å²) >= 11 is 3.25. The number of hydrogen-bond donors (Lipinski definition) is 2. The maximum absolute atomic E-state index is 12.1. The Hall–Kier alpha value is -1.69. The van der Waals surface area contributed by atoms with Gasteiger partial charge in [0, 0.05) is 10.7 Å². The summed E-state index contributed by atoms with van der Waals surface area (Å²) in [6.07, 6.45) is 6.06. The van der Waals surface area contributed by atoms with Crippen LogP contribution in [0.3, 0.4) is 0 Å². The number of hydrogen-bond acceptors (Lipinski definition) is 3. The Labute approximate surface area is 118 Å². The van der Waals surface area contributed by atoms with E-state index in [1.54, 1.807) is 24.4 Å². The lowest BCUT2D eigenvalue weighted by molar-refractivity contribution is -0.146. The molecule has 1 aromatic rings. The lowest BCUT2D eigenvalue weighted by atomic mass is 9.82. The molecule has 0 saturated carbocycles. The molecule has 1 heterocycles. The number of halogens is 1. The quantitative estimate of drug-likeness (QED) is 0.837. The minimum absolute atomic E-state index is 0.299. The summed E-state index contributed by atoms with van der Waals surface area (Å²) in [7, 11) is 0. The molecule has 100 valence electrons. The molecule has 0 saturated heterocycles. The first kappa shape index (κ1) is 13.7. The molecule has 0 radical (unpaired) electrons. The van der Waals surface area contributed by atoms with Gasteiger partial charge in [0.15, 0.2) is 0 Å². The largest absolute Gasteiger partial charge is 0.481 e. The molecule has 1 aromatic heterocycles. The number of nitrogens with zero attached hydrogens (tertiary/aromatic N) is 1. The highest BCUT2D eigenvalue weighted by molar-refractivity contribution is 9.10. The predicted octanol–water partition coefficient (Wildman–Crippen LogP) is 2.45. The summed E-state index contributed by atoms with van der Waals surface area (Å²) in [5, 5.41) is 11.8. The number of aromatic nitrogens is 1. The van der Waals surface area contributed by atoms with Crippen molar-refractivity contribution in [3.05, 3.63) is 35.0 Å². The van der Waals surface area contributed by atoms with Gasteiger partial charge in [-0.3, -0.25) is 9.59 Å². The molecule has 6 heteroatoms. The van der Waals surface area contributed by atoms with Crippen LogP contribution in [-0.2, 0) is 9.59 Å². The molecule has 0 aromatic carbocycles. The first-order chi connectivity index (χ1) is 9.08. The third kappa shape index (κ3) is 3.41. The second-order valence-corrected chi connectivity index (χ2v) is 5.26. The Morgan fingerprint density at radius 3 is 2.53 bits per heavy atom. The monoisotopic (exact) mass is 324 g/mol. The first-order valence-electron chi connectivity index (χ1n) is 5.88. The molecular weight excluding hydrogens is 312 g/mol. The number of rotatable bonds is 3. The van der Waals surface area contributed by atoms with E-state index in [1.165, 1.54) is 0 Å². The van der Waals surface area contributed by atoms with Gasteiger partial charge in [-0.05, 0) is 40.9 Å². The van der Waals surface area contributed by atoms with Gasteiger partial charge in [-0.2, -0.15) is 0 Å². The number of amides is 1. The van der Waals surface area contributed by atoms with Gasteiger partial charge in [0.1, 0.15) is 5.82 Å². The zero-order chi connectivity index (χ0) is 13.8. The molecule has 5 nitrogen and oxygen atoms in total. The second kappa shape index (κ2) is 5.97. The van der Waals surface area contributed by atoms with Crippen LogP contribution < -0.4 is 5.32 Å². The van der Waals surface area contributed by atoms with E-state index >= 15 is 0 Å². The van der Waals surface area contributed by atoms with Crippen LogP contribution in [0.25, 0.3) is 0 Å². The molecular formula is C13H13BrN2O3. The molecule has 2 atom stereocenters. The van der Waals surface area contributed by atoms with Crippen molar-refractivity contribution < 1.29 is 14.7 Å². The van der Waals surface area contributed by atoms with E-state index in [0.717, 1.165) is 4.47 Å². The van der Waals surface area contributed by atoms with E-state index < -0.39 is 17.8 Å². The van der Waals surface area contributed by atoms with Gasteiger partial charge < -0.3 is 10.4 Å². The van der Waals surface area contributed by atoms with Crippen LogP contribution in [0.15, 0.2) is 35.0 Å². The number of aliphatic carboxylic acids is 1. The van der Waals surface area contributed by atoms with Gasteiger partial charge in [-0.15, -0.1) is 0 Å². The van der Waals surface area contributed by atoms with Crippen LogP contribution >= 0.6 is 15.9 Å². The van der Waals surface area contributed by atoms with E-state index in [4.69, 9.17) is 5.11 Å². The minimum Gasteiger partial charge on any atom is -0.481 e. The molecule has 0 unspecified atom stereocenters. The topological polar surface area (TPSA) is 79.3 Å². The van der Waals surface area contributed by atoms with Gasteiger partial charge in [0.25, 0.3) is 0 Å². The molecule has 19 heavy (non-hydrogen) atoms. The van der Waals surface area contributed by atoms with Crippen molar-refractivity contribution in [2.24, 2.45) is 11.8 Å². The number of pyridine rings is 1. The van der Waals surface area contributed by atoms with Crippen LogP contribution in [0.2, 0.25) is 0 Å². The minimum atomic E-state index is -0.937. The number of carbonyl (C=O) groups excluding carboxylic acids is 1. The molecule has 0 bridgehead atoms. The number of anilines is 1. The lowest BCUT2D eigenvalue weighted by Gasteiger charge is -2.23. The maximum atomic E-state index is 12.1. The van der Waals surface area contributed by atoms with Crippen molar-refractivity contribution >= 4 is 33.6 Å². The van der Waals surface area contributed by atoms with Crippen molar-refractivity contribution in [2.75, 3.05) is 5.32 Å². The van der Waals surface area contributed by atoms with Crippen molar-refractivity contribution in [3.63, 3.8) is 0 Å². The van der Waals surface area contributed by atoms with E-state index in [9.17, 15) is 9.59 Å². The lowest BCUT2D eigenvalue weighted by Crippen LogP contribution is -2.34. The summed E-state index contributed by atoms with van der Waals surface area (Å²) in [6, 6.07) is 3.43. The van der Waals surface area contributed by atoms with Crippen LogP contribution in [0.1, 0.15) is 12.8 Å². The van der Waals surface area contributed by atoms with E-state index in [1.807, 2.05) is 6.08 Å². The third-order valence-corrected chi connectivity index (χ3v) is 3.53. The number of carbonyl (C=O) groups is 2. The first-order valence-corrected chi connectivity index (χ1v) is 6.67. The van der Waals surface area contributed by atoms with Gasteiger partial charge in [-0.25, -0.2) is 4.98 Å². The molecule has 0 aliphatic heterocycles. The van der Waals surface area contributed by atoms with E-state index in [-0.39, 0.29) is 5.91 Å². The Kier molecular flexibility index (Phi) is 4.31. The number of carboxylic acid groups (broad SMARTS) is 1. The molecule has 1 amide bonds. The fraction of sp³-hybridized carbons (Fsp3) is 0.308. The molecule has 2 rings (SSSR count). The average molecular weight is 325 g/mol. The zero-order valence-electron chi connectivity index (χ0n) is 10.0. The molecule has 1 aliphatic carbocycles. The highest BCUT2D eigenvalue weighted by Crippen LogP contribution is 2.27. The van der Waals surface area contributed by atoms with Crippen molar-refractivity contribution in [3.8, 4) is 0 Å². The normalized spacial score (nSPS) is 21.9. The fourth-order valence-electron chi connectivity index (χ4n) is 2.05. The van der Waals surface area contributed by atoms with Gasteiger partial charge in [-0.1, -0.05) is 12.2 Å². The Morgan fingerprint density at radius 2 is 1.95 bits per heavy atom. The summed E-state index contributed by atoms with van der Waals surface area (Å²) in [6.45, 7) is 0. The maximum Gasteiger partial charge on any atom is 0.307 e. The number of nitrogens with one attached hydrogen (secondary N) is 1. The van der Waals surface area contributed by atoms with Crippen molar-refractivity contribution in [1.29, 1.82) is 0 Å². The van der Waals surface area contributed by atoms with Gasteiger partial charge in [0.2, 0.25) is 5.91 Å². The highest BCUT2D eigenvalue weighted by Gasteiger charge is 2.33. The number of carboxylic acids is 1. The third-order valence-electron chi connectivity index (χ3n) is 3.07. The van der Waals surface area contributed by atoms with Crippen LogP contribution in [0, 0.1) is 11.8 Å². The van der Waals surface area contributed by atoms with Crippen LogP contribution in [-0.4, -0.2) is 22.0 Å². The Morgan fingerprint density at radius 1 is 1.26 bits per heavy atom. The average Bonchev–Trinajstić information content (AvgIpc) is 2.41. The SMILES string of the molecule is O=C(O)[C@@H]1CC=CC[C@H]1C(=O)Nc1ccc(Br)cn1. The van der Waals surface area contributed by atoms with Crippen molar-refractivity contribution in [1.82, 2.24) is 4.98 Å². The summed E-state index contributed by atoms with van der Waals surface area (Å²) in [5.41, 5.74) is 0. The van der Waals surface area contributed by atoms with Gasteiger partial charge >= 0.3 is 5.97 Å². The summed E-state index contributed by atoms with van der Waals surface area (Å²) in [5.74, 6) is -2.03. The van der Waals surface area contributed by atoms with E-state index in [0.29, 0.717) is 18.7 Å². The van der Waals surface area contributed by atoms with Crippen LogP contribution in [0.4, 0.5) is 5.82 Å². The summed E-state index contributed by atoms with van der Waals surface area (Å²) in [4.78, 5) is 27.3. The van der Waals surface area contributed by atoms with E-state index in [2.05, 4.69) is 26.2 Å². The Bertz CT molecular complexity index is 513. The Balaban J connectivity index is 2.08. The fourth-order valence-corrected chi connectivity index (χ4v) is 2.28. The van der Waals surface area contributed by atoms with Crippen molar-refractivity contribution in [2.45, 2.75) is 12.8 Å². The zero-order valence-corrected chi connectivity index (χ0v) is 11.6. The molecule has 1 aliphatic rings. The molecule has 0 spiro atoms. The van der Waals surface area contributed by atoms with Gasteiger partial charge in [0.05, 0.1) is 11.8 Å². The molecule has 2 N–H and O–H groups in total. The second-order valence-electron chi connectivity index (χ2n) is 4.34. The molecule has 0 fully saturated rings. The number of allylic oxidation sites excluding steroid dienone is 2. The predicted molar refractivity (Wildman–Crippen MR) is 73.6 cm³/mol. The standard InChI is InChI=1S/C13H13BrN2O3/c14-8-5-6-11(15-7-8)16-12(17)9-3-1-2-4-10(9)13(18)19/h1-2,5-7,9-10H,3-4H2,(H,18,19)(H,15,16,17)/t9-,10-/m1/s1. The highest BCUT2D eigenvalue weighted by atomic mass is 79.9.